The van der Waals surface area contributed by atoms with Crippen LogP contribution < -0.4 is 14.2 Å². The molecule has 0 saturated heterocycles. The second kappa shape index (κ2) is 9.10. The van der Waals surface area contributed by atoms with Gasteiger partial charge < -0.3 is 24.4 Å². The highest BCUT2D eigenvalue weighted by molar-refractivity contribution is 5.90. The molecule has 0 radical (unpaired) electrons. The summed E-state index contributed by atoms with van der Waals surface area (Å²) in [5, 5.41) is 18.4. The maximum atomic E-state index is 12.1. The van der Waals surface area contributed by atoms with E-state index >= 15 is 0 Å². The van der Waals surface area contributed by atoms with Crippen molar-refractivity contribution in [1.82, 2.24) is 0 Å². The standard InChI is InChI=1S/C20H18O7/c1-25-17-12-13(7-10-18(22)23)6-9-16(17)27-19(24)11-8-14-4-3-5-15(21)20(14)26-2/h3-12,21H,1-2H3,(H,22,23). The van der Waals surface area contributed by atoms with Crippen molar-refractivity contribution in [3.05, 3.63) is 59.7 Å². The Morgan fingerprint density at radius 2 is 1.74 bits per heavy atom. The molecule has 0 aliphatic carbocycles. The van der Waals surface area contributed by atoms with Crippen LogP contribution in [0.3, 0.4) is 0 Å². The van der Waals surface area contributed by atoms with Crippen LogP contribution in [0.2, 0.25) is 0 Å². The Kier molecular flexibility index (Phi) is 6.60. The molecule has 2 aromatic rings. The van der Waals surface area contributed by atoms with Gasteiger partial charge in [0.25, 0.3) is 0 Å². The van der Waals surface area contributed by atoms with Crippen molar-refractivity contribution in [3.63, 3.8) is 0 Å². The quantitative estimate of drug-likeness (QED) is 0.438. The van der Waals surface area contributed by atoms with E-state index in [4.69, 9.17) is 19.3 Å². The van der Waals surface area contributed by atoms with Crippen molar-refractivity contribution in [2.75, 3.05) is 14.2 Å². The minimum Gasteiger partial charge on any atom is -0.504 e. The van der Waals surface area contributed by atoms with Gasteiger partial charge in [-0.2, -0.15) is 0 Å². The van der Waals surface area contributed by atoms with Gasteiger partial charge in [0.05, 0.1) is 14.2 Å². The van der Waals surface area contributed by atoms with E-state index in [-0.39, 0.29) is 23.0 Å². The lowest BCUT2D eigenvalue weighted by molar-refractivity contribution is -0.131. The molecule has 2 N–H and O–H groups in total. The highest BCUT2D eigenvalue weighted by Gasteiger charge is 2.10. The normalized spacial score (nSPS) is 10.9. The molecular weight excluding hydrogens is 352 g/mol. The summed E-state index contributed by atoms with van der Waals surface area (Å²) < 4.78 is 15.5. The fraction of sp³-hybridized carbons (Fsp3) is 0.100. The van der Waals surface area contributed by atoms with Crippen molar-refractivity contribution in [3.8, 4) is 23.0 Å². The molecule has 2 aromatic carbocycles. The van der Waals surface area contributed by atoms with E-state index in [9.17, 15) is 14.7 Å². The van der Waals surface area contributed by atoms with Crippen LogP contribution in [-0.2, 0) is 9.59 Å². The number of carbonyl (C=O) groups excluding carboxylic acids is 1. The van der Waals surface area contributed by atoms with Crippen LogP contribution in [0.1, 0.15) is 11.1 Å². The molecule has 0 amide bonds. The van der Waals surface area contributed by atoms with Crippen LogP contribution in [0.25, 0.3) is 12.2 Å². The molecule has 0 aromatic heterocycles. The number of carbonyl (C=O) groups is 2. The summed E-state index contributed by atoms with van der Waals surface area (Å²) >= 11 is 0. The molecule has 140 valence electrons. The van der Waals surface area contributed by atoms with Crippen LogP contribution in [0.15, 0.2) is 48.6 Å². The van der Waals surface area contributed by atoms with E-state index in [1.165, 1.54) is 44.6 Å². The Balaban J connectivity index is 2.16. The second-order valence-electron chi connectivity index (χ2n) is 5.24. The summed E-state index contributed by atoms with van der Waals surface area (Å²) in [6.07, 6.45) is 5.03. The molecule has 0 spiro atoms. The van der Waals surface area contributed by atoms with Crippen molar-refractivity contribution >= 4 is 24.1 Å². The monoisotopic (exact) mass is 370 g/mol. The zero-order valence-corrected chi connectivity index (χ0v) is 14.7. The first-order valence-corrected chi connectivity index (χ1v) is 7.79. The molecule has 0 heterocycles. The summed E-state index contributed by atoms with van der Waals surface area (Å²) in [5.74, 6) is -1.07. The number of carboxylic acid groups (broad SMARTS) is 1. The third-order valence-corrected chi connectivity index (χ3v) is 3.44. The number of esters is 1. The number of rotatable bonds is 7. The maximum Gasteiger partial charge on any atom is 0.336 e. The predicted molar refractivity (Wildman–Crippen MR) is 99.0 cm³/mol. The summed E-state index contributed by atoms with van der Waals surface area (Å²) in [6.45, 7) is 0. The molecule has 7 heteroatoms. The molecule has 27 heavy (non-hydrogen) atoms. The number of hydrogen-bond acceptors (Lipinski definition) is 6. The van der Waals surface area contributed by atoms with Crippen molar-refractivity contribution < 1.29 is 34.0 Å². The van der Waals surface area contributed by atoms with Crippen molar-refractivity contribution in [1.29, 1.82) is 0 Å². The topological polar surface area (TPSA) is 102 Å². The number of hydrogen-bond donors (Lipinski definition) is 2. The molecule has 0 bridgehead atoms. The van der Waals surface area contributed by atoms with Crippen LogP contribution in [-0.4, -0.2) is 36.4 Å². The highest BCUT2D eigenvalue weighted by Crippen LogP contribution is 2.31. The molecule has 0 fully saturated rings. The van der Waals surface area contributed by atoms with Gasteiger partial charge in [0.1, 0.15) is 0 Å². The number of benzene rings is 2. The van der Waals surface area contributed by atoms with Crippen LogP contribution in [0.5, 0.6) is 23.0 Å². The zero-order chi connectivity index (χ0) is 19.8. The zero-order valence-electron chi connectivity index (χ0n) is 14.7. The number of aliphatic carboxylic acids is 1. The maximum absolute atomic E-state index is 12.1. The molecule has 7 nitrogen and oxygen atoms in total. The van der Waals surface area contributed by atoms with E-state index in [1.54, 1.807) is 24.3 Å². The van der Waals surface area contributed by atoms with Gasteiger partial charge in [-0.1, -0.05) is 18.2 Å². The Labute approximate surface area is 155 Å². The number of phenols is 1. The average molecular weight is 370 g/mol. The number of carboxylic acids is 1. The van der Waals surface area contributed by atoms with Gasteiger partial charge in [0.15, 0.2) is 23.0 Å². The van der Waals surface area contributed by atoms with Crippen LogP contribution >= 0.6 is 0 Å². The Hall–Kier alpha value is -3.74. The molecule has 0 unspecified atom stereocenters. The van der Waals surface area contributed by atoms with Gasteiger partial charge in [0, 0.05) is 17.7 Å². The number of aromatic hydroxyl groups is 1. The van der Waals surface area contributed by atoms with Crippen LogP contribution in [0, 0.1) is 0 Å². The first-order valence-electron chi connectivity index (χ1n) is 7.79. The third kappa shape index (κ3) is 5.37. The van der Waals surface area contributed by atoms with Crippen molar-refractivity contribution in [2.45, 2.75) is 0 Å². The van der Waals surface area contributed by atoms with E-state index in [0.717, 1.165) is 6.08 Å². The lowest BCUT2D eigenvalue weighted by atomic mass is 10.1. The number of ether oxygens (including phenoxy) is 3. The Morgan fingerprint density at radius 3 is 2.41 bits per heavy atom. The van der Waals surface area contributed by atoms with Gasteiger partial charge in [-0.25, -0.2) is 9.59 Å². The molecular formula is C20H18O7. The molecule has 0 aliphatic heterocycles. The Bertz CT molecular complexity index is 897. The van der Waals surface area contributed by atoms with Crippen molar-refractivity contribution in [2.24, 2.45) is 0 Å². The van der Waals surface area contributed by atoms with Crippen LogP contribution in [0.4, 0.5) is 0 Å². The number of para-hydroxylation sites is 1. The summed E-state index contributed by atoms with van der Waals surface area (Å²) in [4.78, 5) is 22.7. The lowest BCUT2D eigenvalue weighted by Crippen LogP contribution is -2.05. The third-order valence-electron chi connectivity index (χ3n) is 3.44. The SMILES string of the molecule is COc1cc(C=CC(=O)O)ccc1OC(=O)C=Cc1cccc(O)c1OC. The predicted octanol–water partition coefficient (Wildman–Crippen LogP) is 3.13. The smallest absolute Gasteiger partial charge is 0.336 e. The van der Waals surface area contributed by atoms with E-state index in [0.29, 0.717) is 11.1 Å². The van der Waals surface area contributed by atoms with Gasteiger partial charge >= 0.3 is 11.9 Å². The second-order valence-corrected chi connectivity index (χ2v) is 5.24. The molecule has 2 rings (SSSR count). The van der Waals surface area contributed by atoms with E-state index in [2.05, 4.69) is 0 Å². The minimum atomic E-state index is -1.07. The summed E-state index contributed by atoms with van der Waals surface area (Å²) in [6, 6.07) is 9.40. The fourth-order valence-corrected chi connectivity index (χ4v) is 2.24. The average Bonchev–Trinajstić information content (AvgIpc) is 2.65. The largest absolute Gasteiger partial charge is 0.504 e. The van der Waals surface area contributed by atoms with Gasteiger partial charge in [0.2, 0.25) is 0 Å². The first-order chi connectivity index (χ1) is 12.9. The molecule has 0 aliphatic rings. The molecule has 0 atom stereocenters. The highest BCUT2D eigenvalue weighted by atomic mass is 16.6. The Morgan fingerprint density at radius 1 is 0.963 bits per heavy atom. The van der Waals surface area contributed by atoms with E-state index < -0.39 is 11.9 Å². The van der Waals surface area contributed by atoms with Gasteiger partial charge in [-0.15, -0.1) is 0 Å². The number of methoxy groups -OCH3 is 2. The lowest BCUT2D eigenvalue weighted by Gasteiger charge is -2.09. The summed E-state index contributed by atoms with van der Waals surface area (Å²) in [5.41, 5.74) is 1.09. The van der Waals surface area contributed by atoms with Gasteiger partial charge in [-0.05, 0) is 35.9 Å². The minimum absolute atomic E-state index is 0.0420. The number of phenolic OH excluding ortho intramolecular Hbond substituents is 1. The first kappa shape index (κ1) is 19.6. The fourth-order valence-electron chi connectivity index (χ4n) is 2.24. The van der Waals surface area contributed by atoms with Gasteiger partial charge in [-0.3, -0.25) is 0 Å². The van der Waals surface area contributed by atoms with E-state index in [1.807, 2.05) is 0 Å². The molecule has 0 saturated carbocycles. The summed E-state index contributed by atoms with van der Waals surface area (Å²) in [7, 11) is 2.82.